The largest absolute Gasteiger partial charge is 0.392 e. The van der Waals surface area contributed by atoms with Crippen molar-refractivity contribution in [2.45, 2.75) is 90.3 Å². The van der Waals surface area contributed by atoms with Gasteiger partial charge in [-0.3, -0.25) is 4.79 Å². The van der Waals surface area contributed by atoms with Crippen molar-refractivity contribution in [2.24, 2.45) is 23.7 Å². The molecular formula is C27H45NO4. The third kappa shape index (κ3) is 7.43. The van der Waals surface area contributed by atoms with Gasteiger partial charge in [0.15, 0.2) is 0 Å². The number of fused-ring (bicyclic) bond motifs is 1. The summed E-state index contributed by atoms with van der Waals surface area (Å²) in [6, 6.07) is 0. The standard InChI is InChI=1S/C27H45NO4/c1-3-4-8-20(2)15-23(29)9-10-24-25-17-21(16-22(25)18-26(24)30)19-32-14-11-27(31)28-12-6-5-7-13-28/h9-10,16,20,22-26,29-30H,3-8,11-15,17-19H2,1-2H3/b10-9+/t20-,22-,23+,24+,25-,26+/m0/s1. The van der Waals surface area contributed by atoms with Crippen LogP contribution in [0.5, 0.6) is 0 Å². The average molecular weight is 448 g/mol. The summed E-state index contributed by atoms with van der Waals surface area (Å²) in [4.78, 5) is 14.2. The van der Waals surface area contributed by atoms with Crippen LogP contribution in [0.15, 0.2) is 23.8 Å². The van der Waals surface area contributed by atoms with E-state index >= 15 is 0 Å². The molecule has 1 aliphatic heterocycles. The predicted molar refractivity (Wildman–Crippen MR) is 128 cm³/mol. The highest BCUT2D eigenvalue weighted by molar-refractivity contribution is 5.76. The molecule has 1 saturated carbocycles. The average Bonchev–Trinajstić information content (AvgIpc) is 3.30. The van der Waals surface area contributed by atoms with Gasteiger partial charge in [0.05, 0.1) is 31.8 Å². The van der Waals surface area contributed by atoms with Crippen LogP contribution >= 0.6 is 0 Å². The number of unbranched alkanes of at least 4 members (excludes halogenated alkanes) is 1. The van der Waals surface area contributed by atoms with E-state index in [-0.39, 0.29) is 17.9 Å². The Hall–Kier alpha value is -1.17. The number of amides is 1. The number of piperidine rings is 1. The van der Waals surface area contributed by atoms with Crippen LogP contribution in [-0.2, 0) is 9.53 Å². The number of allylic oxidation sites excluding steroid dienone is 1. The molecule has 3 aliphatic rings. The highest BCUT2D eigenvalue weighted by Crippen LogP contribution is 2.47. The van der Waals surface area contributed by atoms with Crippen molar-refractivity contribution < 1.29 is 19.7 Å². The highest BCUT2D eigenvalue weighted by atomic mass is 16.5. The van der Waals surface area contributed by atoms with Crippen molar-refractivity contribution in [3.05, 3.63) is 23.8 Å². The van der Waals surface area contributed by atoms with Gasteiger partial charge in [-0.05, 0) is 61.9 Å². The van der Waals surface area contributed by atoms with Crippen LogP contribution in [0.25, 0.3) is 0 Å². The van der Waals surface area contributed by atoms with Gasteiger partial charge in [0.2, 0.25) is 5.91 Å². The molecule has 1 heterocycles. The lowest BCUT2D eigenvalue weighted by Gasteiger charge is -2.26. The third-order valence-electron chi connectivity index (χ3n) is 7.66. The van der Waals surface area contributed by atoms with Crippen molar-refractivity contribution in [1.29, 1.82) is 0 Å². The fourth-order valence-electron chi connectivity index (χ4n) is 5.79. The molecule has 32 heavy (non-hydrogen) atoms. The quantitative estimate of drug-likeness (QED) is 0.342. The minimum absolute atomic E-state index is 0.107. The Kier molecular flexibility index (Phi) is 10.3. The first-order valence-electron chi connectivity index (χ1n) is 13.1. The number of hydrogen-bond donors (Lipinski definition) is 2. The molecule has 2 aliphatic carbocycles. The van der Waals surface area contributed by atoms with Crippen molar-refractivity contribution >= 4 is 5.91 Å². The summed E-state index contributed by atoms with van der Waals surface area (Å²) in [5, 5.41) is 21.0. The lowest BCUT2D eigenvalue weighted by Crippen LogP contribution is -2.36. The molecule has 2 fully saturated rings. The van der Waals surface area contributed by atoms with Crippen molar-refractivity contribution in [3.8, 4) is 0 Å². The first-order chi connectivity index (χ1) is 15.5. The van der Waals surface area contributed by atoms with Gasteiger partial charge in [-0.2, -0.15) is 0 Å². The van der Waals surface area contributed by atoms with Crippen molar-refractivity contribution in [1.82, 2.24) is 4.90 Å². The molecule has 3 rings (SSSR count). The number of rotatable bonds is 12. The molecule has 0 aromatic heterocycles. The summed E-state index contributed by atoms with van der Waals surface area (Å²) in [5.74, 6) is 1.65. The van der Waals surface area contributed by atoms with E-state index in [9.17, 15) is 15.0 Å². The Morgan fingerprint density at radius 2 is 2.09 bits per heavy atom. The fraction of sp³-hybridized carbons (Fsp3) is 0.815. The monoisotopic (exact) mass is 447 g/mol. The molecule has 182 valence electrons. The second-order valence-corrected chi connectivity index (χ2v) is 10.4. The zero-order valence-electron chi connectivity index (χ0n) is 20.3. The molecule has 0 radical (unpaired) electrons. The maximum Gasteiger partial charge on any atom is 0.224 e. The molecule has 1 amide bonds. The maximum atomic E-state index is 12.3. The molecule has 0 aromatic carbocycles. The molecule has 0 spiro atoms. The summed E-state index contributed by atoms with van der Waals surface area (Å²) >= 11 is 0. The Balaban J connectivity index is 1.38. The van der Waals surface area contributed by atoms with Gasteiger partial charge in [-0.15, -0.1) is 0 Å². The third-order valence-corrected chi connectivity index (χ3v) is 7.66. The molecule has 1 saturated heterocycles. The van der Waals surface area contributed by atoms with Gasteiger partial charge in [-0.25, -0.2) is 0 Å². The lowest BCUT2D eigenvalue weighted by molar-refractivity contribution is -0.133. The summed E-state index contributed by atoms with van der Waals surface area (Å²) in [5.41, 5.74) is 1.30. The number of aliphatic hydroxyl groups is 2. The number of hydrogen-bond acceptors (Lipinski definition) is 4. The smallest absolute Gasteiger partial charge is 0.224 e. The second kappa shape index (κ2) is 12.9. The summed E-state index contributed by atoms with van der Waals surface area (Å²) < 4.78 is 5.84. The Labute approximate surface area is 194 Å². The molecular weight excluding hydrogens is 402 g/mol. The molecule has 5 nitrogen and oxygen atoms in total. The second-order valence-electron chi connectivity index (χ2n) is 10.4. The number of ether oxygens (including phenoxy) is 1. The number of nitrogens with zero attached hydrogens (tertiary/aromatic N) is 1. The lowest BCUT2D eigenvalue weighted by atomic mass is 9.88. The first kappa shape index (κ1) is 25.5. The van der Waals surface area contributed by atoms with Crippen LogP contribution in [0.4, 0.5) is 0 Å². The number of aliphatic hydroxyl groups excluding tert-OH is 2. The fourth-order valence-corrected chi connectivity index (χ4v) is 5.79. The number of carbonyl (C=O) groups excluding carboxylic acids is 1. The van der Waals surface area contributed by atoms with E-state index in [2.05, 4.69) is 26.0 Å². The molecule has 6 atom stereocenters. The van der Waals surface area contributed by atoms with Crippen LogP contribution in [0, 0.1) is 23.7 Å². The van der Waals surface area contributed by atoms with Gasteiger partial charge < -0.3 is 19.8 Å². The van der Waals surface area contributed by atoms with E-state index in [1.54, 1.807) is 0 Å². The summed E-state index contributed by atoms with van der Waals surface area (Å²) in [6.45, 7) is 7.28. The van der Waals surface area contributed by atoms with Crippen molar-refractivity contribution in [2.75, 3.05) is 26.3 Å². The topological polar surface area (TPSA) is 70.0 Å². The van der Waals surface area contributed by atoms with Gasteiger partial charge in [-0.1, -0.05) is 51.3 Å². The Morgan fingerprint density at radius 3 is 2.84 bits per heavy atom. The molecule has 0 aromatic rings. The van der Waals surface area contributed by atoms with Gasteiger partial charge in [0.25, 0.3) is 0 Å². The zero-order valence-corrected chi connectivity index (χ0v) is 20.3. The predicted octanol–water partition coefficient (Wildman–Crippen LogP) is 4.48. The van der Waals surface area contributed by atoms with E-state index in [4.69, 9.17) is 4.74 Å². The van der Waals surface area contributed by atoms with Crippen LogP contribution in [-0.4, -0.2) is 59.5 Å². The minimum Gasteiger partial charge on any atom is -0.392 e. The summed E-state index contributed by atoms with van der Waals surface area (Å²) in [6.07, 6.45) is 15.6. The van der Waals surface area contributed by atoms with Gasteiger partial charge in [0.1, 0.15) is 0 Å². The molecule has 0 unspecified atom stereocenters. The van der Waals surface area contributed by atoms with Crippen LogP contribution in [0.1, 0.15) is 78.1 Å². The normalized spacial score (nSPS) is 29.9. The van der Waals surface area contributed by atoms with E-state index < -0.39 is 6.10 Å². The summed E-state index contributed by atoms with van der Waals surface area (Å²) in [7, 11) is 0. The SMILES string of the molecule is CCCC[C@H](C)C[C@H](O)/C=C/[C@@H]1[C@H]2CC(COCCC(=O)N3CCCCC3)=C[C@H]2C[C@H]1O. The van der Waals surface area contributed by atoms with Crippen LogP contribution in [0.3, 0.4) is 0 Å². The van der Waals surface area contributed by atoms with Gasteiger partial charge >= 0.3 is 0 Å². The number of likely N-dealkylation sites (tertiary alicyclic amines) is 1. The van der Waals surface area contributed by atoms with Crippen LogP contribution in [0.2, 0.25) is 0 Å². The Bertz CT molecular complexity index is 640. The Morgan fingerprint density at radius 1 is 1.31 bits per heavy atom. The maximum absolute atomic E-state index is 12.3. The molecule has 5 heteroatoms. The van der Waals surface area contributed by atoms with E-state index in [1.807, 2.05) is 11.0 Å². The molecule has 2 N–H and O–H groups in total. The molecule has 0 bridgehead atoms. The van der Waals surface area contributed by atoms with Gasteiger partial charge in [0, 0.05) is 19.0 Å². The number of carbonyl (C=O) groups is 1. The van der Waals surface area contributed by atoms with E-state index in [0.717, 1.165) is 51.6 Å². The first-order valence-corrected chi connectivity index (χ1v) is 13.1. The van der Waals surface area contributed by atoms with Crippen molar-refractivity contribution in [3.63, 3.8) is 0 Å². The zero-order chi connectivity index (χ0) is 22.9. The van der Waals surface area contributed by atoms with Crippen LogP contribution < -0.4 is 0 Å². The minimum atomic E-state index is -0.428. The van der Waals surface area contributed by atoms with E-state index in [1.165, 1.54) is 24.8 Å². The highest BCUT2D eigenvalue weighted by Gasteiger charge is 2.43. The van der Waals surface area contributed by atoms with E-state index in [0.29, 0.717) is 37.4 Å².